The SMILES string of the molecule is N#Cc1ccc(S(=O)(=O)N2CCCN(Cc3ccccc3)CC2)cc1. The summed E-state index contributed by atoms with van der Waals surface area (Å²) in [7, 11) is -3.51. The van der Waals surface area contributed by atoms with Gasteiger partial charge in [0, 0.05) is 26.2 Å². The van der Waals surface area contributed by atoms with Gasteiger partial charge in [-0.2, -0.15) is 9.57 Å². The second-order valence-electron chi connectivity index (χ2n) is 6.16. The minimum atomic E-state index is -3.51. The van der Waals surface area contributed by atoms with E-state index in [1.54, 1.807) is 16.4 Å². The third kappa shape index (κ3) is 4.26. The minimum Gasteiger partial charge on any atom is -0.298 e. The van der Waals surface area contributed by atoms with Crippen molar-refractivity contribution in [3.63, 3.8) is 0 Å². The fourth-order valence-electron chi connectivity index (χ4n) is 3.04. The molecular formula is C19H21N3O2S. The molecule has 1 aliphatic rings. The van der Waals surface area contributed by atoms with Crippen LogP contribution in [0.15, 0.2) is 59.5 Å². The molecule has 1 heterocycles. The van der Waals surface area contributed by atoms with E-state index in [9.17, 15) is 8.42 Å². The van der Waals surface area contributed by atoms with E-state index in [4.69, 9.17) is 5.26 Å². The highest BCUT2D eigenvalue weighted by molar-refractivity contribution is 7.89. The van der Waals surface area contributed by atoms with Crippen LogP contribution < -0.4 is 0 Å². The molecule has 0 aromatic heterocycles. The van der Waals surface area contributed by atoms with Crippen LogP contribution in [0, 0.1) is 11.3 Å². The Bertz CT molecular complexity index is 842. The molecule has 0 saturated carbocycles. The van der Waals surface area contributed by atoms with Crippen molar-refractivity contribution >= 4 is 10.0 Å². The normalized spacial score (nSPS) is 16.9. The van der Waals surface area contributed by atoms with Gasteiger partial charge in [0.05, 0.1) is 16.5 Å². The molecule has 25 heavy (non-hydrogen) atoms. The van der Waals surface area contributed by atoms with Crippen LogP contribution in [0.1, 0.15) is 17.5 Å². The quantitative estimate of drug-likeness (QED) is 0.845. The van der Waals surface area contributed by atoms with Crippen molar-refractivity contribution in [1.29, 1.82) is 5.26 Å². The molecule has 0 aliphatic carbocycles. The van der Waals surface area contributed by atoms with E-state index in [0.717, 1.165) is 19.5 Å². The summed E-state index contributed by atoms with van der Waals surface area (Å²) in [5, 5.41) is 8.85. The van der Waals surface area contributed by atoms with E-state index < -0.39 is 10.0 Å². The van der Waals surface area contributed by atoms with Gasteiger partial charge in [0.1, 0.15) is 0 Å². The monoisotopic (exact) mass is 355 g/mol. The second kappa shape index (κ2) is 7.79. The Morgan fingerprint density at radius 3 is 2.32 bits per heavy atom. The highest BCUT2D eigenvalue weighted by atomic mass is 32.2. The summed E-state index contributed by atoms with van der Waals surface area (Å²) < 4.78 is 27.2. The van der Waals surface area contributed by atoms with Crippen molar-refractivity contribution in [2.75, 3.05) is 26.2 Å². The van der Waals surface area contributed by atoms with Crippen LogP contribution in [-0.2, 0) is 16.6 Å². The summed E-state index contributed by atoms with van der Waals surface area (Å²) >= 11 is 0. The fourth-order valence-corrected chi connectivity index (χ4v) is 4.51. The lowest BCUT2D eigenvalue weighted by atomic mass is 10.2. The Balaban J connectivity index is 1.68. The number of hydrogen-bond donors (Lipinski definition) is 0. The first-order chi connectivity index (χ1) is 12.1. The van der Waals surface area contributed by atoms with Crippen molar-refractivity contribution in [1.82, 2.24) is 9.21 Å². The molecule has 130 valence electrons. The first-order valence-electron chi connectivity index (χ1n) is 8.36. The number of rotatable bonds is 4. The largest absolute Gasteiger partial charge is 0.298 e. The molecule has 0 atom stereocenters. The maximum Gasteiger partial charge on any atom is 0.243 e. The van der Waals surface area contributed by atoms with Gasteiger partial charge >= 0.3 is 0 Å². The van der Waals surface area contributed by atoms with Crippen molar-refractivity contribution in [2.45, 2.75) is 17.9 Å². The summed E-state index contributed by atoms with van der Waals surface area (Å²) in [6.45, 7) is 3.44. The van der Waals surface area contributed by atoms with Gasteiger partial charge in [-0.1, -0.05) is 30.3 Å². The van der Waals surface area contributed by atoms with Crippen molar-refractivity contribution in [3.05, 3.63) is 65.7 Å². The zero-order chi connectivity index (χ0) is 17.7. The van der Waals surface area contributed by atoms with Gasteiger partial charge in [0.15, 0.2) is 0 Å². The molecule has 1 fully saturated rings. The van der Waals surface area contributed by atoms with E-state index in [0.29, 0.717) is 25.2 Å². The molecule has 1 saturated heterocycles. The molecule has 0 N–H and O–H groups in total. The van der Waals surface area contributed by atoms with E-state index in [-0.39, 0.29) is 4.90 Å². The molecule has 6 heteroatoms. The fraction of sp³-hybridized carbons (Fsp3) is 0.316. The third-order valence-corrected chi connectivity index (χ3v) is 6.33. The lowest BCUT2D eigenvalue weighted by molar-refractivity contribution is 0.278. The third-order valence-electron chi connectivity index (χ3n) is 4.42. The Hall–Kier alpha value is -2.20. The predicted octanol–water partition coefficient (Wildman–Crippen LogP) is 2.45. The van der Waals surface area contributed by atoms with E-state index >= 15 is 0 Å². The molecule has 0 spiro atoms. The molecular weight excluding hydrogens is 334 g/mol. The van der Waals surface area contributed by atoms with Crippen molar-refractivity contribution < 1.29 is 8.42 Å². The predicted molar refractivity (Wildman–Crippen MR) is 96.3 cm³/mol. The van der Waals surface area contributed by atoms with Gasteiger partial charge in [-0.05, 0) is 42.8 Å². The summed E-state index contributed by atoms with van der Waals surface area (Å²) in [4.78, 5) is 2.55. The zero-order valence-electron chi connectivity index (χ0n) is 14.0. The first-order valence-corrected chi connectivity index (χ1v) is 9.80. The second-order valence-corrected chi connectivity index (χ2v) is 8.09. The number of benzene rings is 2. The smallest absolute Gasteiger partial charge is 0.243 e. The van der Waals surface area contributed by atoms with Gasteiger partial charge in [0.25, 0.3) is 0 Å². The Morgan fingerprint density at radius 2 is 1.64 bits per heavy atom. The molecule has 3 rings (SSSR count). The van der Waals surface area contributed by atoms with Crippen LogP contribution in [0.25, 0.3) is 0 Å². The zero-order valence-corrected chi connectivity index (χ0v) is 14.8. The standard InChI is InChI=1S/C19H21N3O2S/c20-15-17-7-9-19(10-8-17)25(23,24)22-12-4-11-21(13-14-22)16-18-5-2-1-3-6-18/h1-3,5-10H,4,11-14,16H2. The summed E-state index contributed by atoms with van der Waals surface area (Å²) in [6, 6.07) is 18.4. The molecule has 2 aromatic carbocycles. The van der Waals surface area contributed by atoms with Crippen LogP contribution in [0.5, 0.6) is 0 Å². The molecule has 5 nitrogen and oxygen atoms in total. The maximum atomic E-state index is 12.8. The number of sulfonamides is 1. The van der Waals surface area contributed by atoms with Crippen LogP contribution in [0.4, 0.5) is 0 Å². The topological polar surface area (TPSA) is 64.4 Å². The Kier molecular flexibility index (Phi) is 5.49. The van der Waals surface area contributed by atoms with Gasteiger partial charge in [0.2, 0.25) is 10.0 Å². The van der Waals surface area contributed by atoms with E-state index in [1.165, 1.54) is 17.7 Å². The molecule has 0 bridgehead atoms. The molecule has 0 amide bonds. The van der Waals surface area contributed by atoms with Gasteiger partial charge in [-0.15, -0.1) is 0 Å². The van der Waals surface area contributed by atoms with Gasteiger partial charge < -0.3 is 0 Å². The van der Waals surface area contributed by atoms with Crippen LogP contribution in [0.3, 0.4) is 0 Å². The minimum absolute atomic E-state index is 0.253. The lowest BCUT2D eigenvalue weighted by Gasteiger charge is -2.22. The molecule has 2 aromatic rings. The summed E-state index contributed by atoms with van der Waals surface area (Å²) in [5.41, 5.74) is 1.70. The summed E-state index contributed by atoms with van der Waals surface area (Å²) in [5.74, 6) is 0. The molecule has 0 unspecified atom stereocenters. The number of nitrogens with zero attached hydrogens (tertiary/aromatic N) is 3. The van der Waals surface area contributed by atoms with E-state index in [1.807, 2.05) is 24.3 Å². The molecule has 1 aliphatic heterocycles. The maximum absolute atomic E-state index is 12.8. The van der Waals surface area contributed by atoms with Crippen LogP contribution >= 0.6 is 0 Å². The number of nitriles is 1. The average Bonchev–Trinajstić information content (AvgIpc) is 2.89. The highest BCUT2D eigenvalue weighted by Crippen LogP contribution is 2.19. The Labute approximate surface area is 149 Å². The first kappa shape index (κ1) is 17.6. The van der Waals surface area contributed by atoms with Crippen LogP contribution in [0.2, 0.25) is 0 Å². The molecule has 0 radical (unpaired) electrons. The number of hydrogen-bond acceptors (Lipinski definition) is 4. The van der Waals surface area contributed by atoms with Gasteiger partial charge in [-0.3, -0.25) is 4.90 Å². The van der Waals surface area contributed by atoms with Crippen molar-refractivity contribution in [2.24, 2.45) is 0 Å². The van der Waals surface area contributed by atoms with Crippen molar-refractivity contribution in [3.8, 4) is 6.07 Å². The van der Waals surface area contributed by atoms with E-state index in [2.05, 4.69) is 17.0 Å². The van der Waals surface area contributed by atoms with Gasteiger partial charge in [-0.25, -0.2) is 8.42 Å². The average molecular weight is 355 g/mol. The lowest BCUT2D eigenvalue weighted by Crippen LogP contribution is -2.35. The Morgan fingerprint density at radius 1 is 0.920 bits per heavy atom. The summed E-state index contributed by atoms with van der Waals surface area (Å²) in [6.07, 6.45) is 0.808. The highest BCUT2D eigenvalue weighted by Gasteiger charge is 2.26. The van der Waals surface area contributed by atoms with Crippen LogP contribution in [-0.4, -0.2) is 43.8 Å².